The number of unbranched alkanes of at least 4 members (excludes halogenated alkanes) is 1. The van der Waals surface area contributed by atoms with Crippen molar-refractivity contribution in [2.24, 2.45) is 7.05 Å². The Morgan fingerprint density at radius 1 is 1.17 bits per heavy atom. The largest absolute Gasteiger partial charge is 0.494 e. The van der Waals surface area contributed by atoms with Gasteiger partial charge >= 0.3 is 0 Å². The lowest BCUT2D eigenvalue weighted by molar-refractivity contribution is -0.113. The zero-order valence-corrected chi connectivity index (χ0v) is 22.3. The highest BCUT2D eigenvalue weighted by Gasteiger charge is 2.15. The van der Waals surface area contributed by atoms with Gasteiger partial charge in [0, 0.05) is 28.6 Å². The van der Waals surface area contributed by atoms with Crippen LogP contribution in [0.15, 0.2) is 53.0 Å². The summed E-state index contributed by atoms with van der Waals surface area (Å²) in [5, 5.41) is 15.4. The Labute approximate surface area is 221 Å². The molecule has 11 heteroatoms. The lowest BCUT2D eigenvalue weighted by Crippen LogP contribution is -2.14. The van der Waals surface area contributed by atoms with E-state index in [0.717, 1.165) is 35.5 Å². The first-order valence-electron chi connectivity index (χ1n) is 10.9. The van der Waals surface area contributed by atoms with Gasteiger partial charge in [-0.15, -0.1) is 21.5 Å². The predicted molar refractivity (Wildman–Crippen MR) is 144 cm³/mol. The molecule has 7 nitrogen and oxygen atoms in total. The molecule has 0 fully saturated rings. The summed E-state index contributed by atoms with van der Waals surface area (Å²) in [5.74, 6) is 1.54. The van der Waals surface area contributed by atoms with Crippen LogP contribution in [0.4, 0.5) is 5.13 Å². The molecule has 4 aromatic rings. The number of hydrogen-bond donors (Lipinski definition) is 1. The van der Waals surface area contributed by atoms with Gasteiger partial charge in [-0.3, -0.25) is 4.79 Å². The van der Waals surface area contributed by atoms with Crippen LogP contribution in [0.2, 0.25) is 10.0 Å². The zero-order chi connectivity index (χ0) is 24.8. The molecule has 0 radical (unpaired) electrons. The SMILES string of the molecule is CCCCOc1ccc(-c2nnc(SCC(=O)Nc3nc(-c4ccc(Cl)cc4Cl)cs3)n2C)cc1. The summed E-state index contributed by atoms with van der Waals surface area (Å²) in [5.41, 5.74) is 2.36. The van der Waals surface area contributed by atoms with Crippen molar-refractivity contribution < 1.29 is 9.53 Å². The van der Waals surface area contributed by atoms with E-state index in [1.54, 1.807) is 18.2 Å². The van der Waals surface area contributed by atoms with E-state index < -0.39 is 0 Å². The summed E-state index contributed by atoms with van der Waals surface area (Å²) in [6, 6.07) is 13.0. The lowest BCUT2D eigenvalue weighted by Gasteiger charge is -2.07. The number of halogens is 2. The molecule has 0 aliphatic carbocycles. The number of rotatable bonds is 10. The Bertz CT molecular complexity index is 1310. The Morgan fingerprint density at radius 3 is 2.71 bits per heavy atom. The first-order chi connectivity index (χ1) is 16.9. The maximum Gasteiger partial charge on any atom is 0.236 e. The minimum absolute atomic E-state index is 0.173. The minimum Gasteiger partial charge on any atom is -0.494 e. The first-order valence-corrected chi connectivity index (χ1v) is 13.5. The van der Waals surface area contributed by atoms with Crippen molar-refractivity contribution in [2.45, 2.75) is 24.9 Å². The van der Waals surface area contributed by atoms with Crippen LogP contribution in [-0.4, -0.2) is 38.0 Å². The number of benzene rings is 2. The number of amides is 1. The highest BCUT2D eigenvalue weighted by Crippen LogP contribution is 2.32. The van der Waals surface area contributed by atoms with Crippen LogP contribution in [0.25, 0.3) is 22.6 Å². The maximum absolute atomic E-state index is 12.5. The molecule has 0 aliphatic heterocycles. The molecule has 2 aromatic heterocycles. The summed E-state index contributed by atoms with van der Waals surface area (Å²) in [4.78, 5) is 17.0. The Morgan fingerprint density at radius 2 is 1.97 bits per heavy atom. The number of aromatic nitrogens is 4. The van der Waals surface area contributed by atoms with E-state index in [0.29, 0.717) is 32.6 Å². The van der Waals surface area contributed by atoms with E-state index in [1.807, 2.05) is 41.3 Å². The summed E-state index contributed by atoms with van der Waals surface area (Å²) in [6.45, 7) is 2.84. The Hall–Kier alpha value is -2.59. The number of nitrogens with zero attached hydrogens (tertiary/aromatic N) is 4. The number of carbonyl (C=O) groups excluding carboxylic acids is 1. The van der Waals surface area contributed by atoms with E-state index in [1.165, 1.54) is 23.1 Å². The van der Waals surface area contributed by atoms with Crippen LogP contribution in [0.3, 0.4) is 0 Å². The fourth-order valence-electron chi connectivity index (χ4n) is 3.16. The monoisotopic (exact) mass is 547 g/mol. The van der Waals surface area contributed by atoms with Crippen LogP contribution in [0.1, 0.15) is 19.8 Å². The van der Waals surface area contributed by atoms with Crippen molar-refractivity contribution in [3.63, 3.8) is 0 Å². The fraction of sp³-hybridized carbons (Fsp3) is 0.250. The van der Waals surface area contributed by atoms with Gasteiger partial charge in [-0.05, 0) is 48.9 Å². The molecule has 35 heavy (non-hydrogen) atoms. The number of carbonyl (C=O) groups is 1. The molecule has 2 aromatic carbocycles. The zero-order valence-electron chi connectivity index (χ0n) is 19.1. The van der Waals surface area contributed by atoms with Gasteiger partial charge in [0.15, 0.2) is 16.1 Å². The topological polar surface area (TPSA) is 81.9 Å². The summed E-state index contributed by atoms with van der Waals surface area (Å²) >= 11 is 14.9. The minimum atomic E-state index is -0.184. The van der Waals surface area contributed by atoms with Gasteiger partial charge in [0.25, 0.3) is 0 Å². The first kappa shape index (κ1) is 25.5. The molecule has 0 spiro atoms. The van der Waals surface area contributed by atoms with Crippen molar-refractivity contribution in [1.82, 2.24) is 19.7 Å². The molecule has 4 rings (SSSR count). The average molecular weight is 549 g/mol. The van der Waals surface area contributed by atoms with E-state index in [9.17, 15) is 4.79 Å². The van der Waals surface area contributed by atoms with Crippen LogP contribution >= 0.6 is 46.3 Å². The number of anilines is 1. The lowest BCUT2D eigenvalue weighted by atomic mass is 10.2. The molecular weight excluding hydrogens is 525 g/mol. The van der Waals surface area contributed by atoms with E-state index in [4.69, 9.17) is 27.9 Å². The summed E-state index contributed by atoms with van der Waals surface area (Å²) < 4.78 is 7.59. The van der Waals surface area contributed by atoms with E-state index in [-0.39, 0.29) is 11.7 Å². The molecule has 1 N–H and O–H groups in total. The van der Waals surface area contributed by atoms with Crippen LogP contribution in [0.5, 0.6) is 5.75 Å². The number of hydrogen-bond acceptors (Lipinski definition) is 7. The van der Waals surface area contributed by atoms with Gasteiger partial charge in [0.05, 0.1) is 23.1 Å². The quantitative estimate of drug-likeness (QED) is 0.173. The normalized spacial score (nSPS) is 11.0. The van der Waals surface area contributed by atoms with Crippen molar-refractivity contribution in [2.75, 3.05) is 17.7 Å². The molecule has 0 bridgehead atoms. The molecule has 0 saturated heterocycles. The third-order valence-electron chi connectivity index (χ3n) is 5.00. The van der Waals surface area contributed by atoms with Crippen LogP contribution in [0, 0.1) is 0 Å². The average Bonchev–Trinajstić information content (AvgIpc) is 3.45. The van der Waals surface area contributed by atoms with Gasteiger partial charge in [-0.1, -0.05) is 48.3 Å². The van der Waals surface area contributed by atoms with Crippen molar-refractivity contribution in [3.05, 3.63) is 57.9 Å². The molecule has 2 heterocycles. The van der Waals surface area contributed by atoms with E-state index >= 15 is 0 Å². The number of thioether (sulfide) groups is 1. The van der Waals surface area contributed by atoms with Gasteiger partial charge in [0.2, 0.25) is 5.91 Å². The molecule has 0 unspecified atom stereocenters. The molecule has 1 amide bonds. The summed E-state index contributed by atoms with van der Waals surface area (Å²) in [7, 11) is 1.88. The number of thiazole rings is 1. The molecule has 0 saturated carbocycles. The third-order valence-corrected chi connectivity index (χ3v) is 7.33. The van der Waals surface area contributed by atoms with Gasteiger partial charge < -0.3 is 14.6 Å². The molecular formula is C24H23Cl2N5O2S2. The van der Waals surface area contributed by atoms with E-state index in [2.05, 4.69) is 27.4 Å². The fourth-order valence-corrected chi connectivity index (χ4v) is 5.11. The second-order valence-electron chi connectivity index (χ2n) is 7.59. The smallest absolute Gasteiger partial charge is 0.236 e. The van der Waals surface area contributed by atoms with Crippen molar-refractivity contribution in [1.29, 1.82) is 0 Å². The highest BCUT2D eigenvalue weighted by molar-refractivity contribution is 7.99. The van der Waals surface area contributed by atoms with Gasteiger partial charge in [-0.2, -0.15) is 0 Å². The Kier molecular flexibility index (Phi) is 8.67. The maximum atomic E-state index is 12.5. The molecule has 0 aliphatic rings. The van der Waals surface area contributed by atoms with Crippen LogP contribution < -0.4 is 10.1 Å². The number of nitrogens with one attached hydrogen (secondary N) is 1. The third kappa shape index (κ3) is 6.55. The van der Waals surface area contributed by atoms with Gasteiger partial charge in [-0.25, -0.2) is 4.98 Å². The second-order valence-corrected chi connectivity index (χ2v) is 10.2. The van der Waals surface area contributed by atoms with Crippen LogP contribution in [-0.2, 0) is 11.8 Å². The van der Waals surface area contributed by atoms with Crippen molar-refractivity contribution in [3.8, 4) is 28.4 Å². The number of ether oxygens (including phenoxy) is 1. The molecule has 182 valence electrons. The molecule has 0 atom stereocenters. The predicted octanol–water partition coefficient (Wildman–Crippen LogP) is 6.82. The highest BCUT2D eigenvalue weighted by atomic mass is 35.5. The van der Waals surface area contributed by atoms with Gasteiger partial charge in [0.1, 0.15) is 5.75 Å². The second kappa shape index (κ2) is 11.9. The summed E-state index contributed by atoms with van der Waals surface area (Å²) in [6.07, 6.45) is 2.12. The standard InChI is InChI=1S/C24H23Cl2N5O2S2/c1-3-4-11-33-17-8-5-15(6-9-17)22-29-30-24(31(22)2)35-14-21(32)28-23-27-20(13-34-23)18-10-7-16(25)12-19(18)26/h5-10,12-13H,3-4,11,14H2,1-2H3,(H,27,28,32). The Balaban J connectivity index is 1.33. The van der Waals surface area contributed by atoms with Crippen molar-refractivity contribution >= 4 is 57.3 Å².